The highest BCUT2D eigenvalue weighted by atomic mass is 32.2. The lowest BCUT2D eigenvalue weighted by atomic mass is 10.2. The van der Waals surface area contributed by atoms with Crippen LogP contribution in [0.1, 0.15) is 18.4 Å². The van der Waals surface area contributed by atoms with Crippen molar-refractivity contribution < 1.29 is 22.9 Å². The highest BCUT2D eigenvalue weighted by molar-refractivity contribution is 7.89. The van der Waals surface area contributed by atoms with Crippen LogP contribution in [-0.4, -0.2) is 67.1 Å². The van der Waals surface area contributed by atoms with E-state index in [1.807, 2.05) is 24.3 Å². The molecular formula is C23H24N4O6S. The van der Waals surface area contributed by atoms with E-state index in [4.69, 9.17) is 0 Å². The summed E-state index contributed by atoms with van der Waals surface area (Å²) in [6, 6.07) is 12.2. The van der Waals surface area contributed by atoms with E-state index in [1.54, 1.807) is 15.9 Å². The lowest BCUT2D eigenvalue weighted by Crippen LogP contribution is -2.50. The van der Waals surface area contributed by atoms with E-state index in [9.17, 15) is 28.1 Å². The first kappa shape index (κ1) is 23.6. The molecule has 2 amide bonds. The molecule has 0 atom stereocenters. The molecule has 11 heteroatoms. The fourth-order valence-electron chi connectivity index (χ4n) is 4.00. The Morgan fingerprint density at radius 2 is 1.59 bits per heavy atom. The number of anilines is 1. The summed E-state index contributed by atoms with van der Waals surface area (Å²) in [5, 5.41) is 10.8. The fraction of sp³-hybridized carbons (Fsp3) is 0.304. The normalized spacial score (nSPS) is 17.5. The number of sulfonamides is 1. The Labute approximate surface area is 197 Å². The Kier molecular flexibility index (Phi) is 6.75. The van der Waals surface area contributed by atoms with Gasteiger partial charge in [0.2, 0.25) is 21.8 Å². The SMILES string of the molecule is O=C(/C=C/c1ccc(N2CCCC2=O)cc1)N1CCN(S(=O)(=O)c2ccc([N+](=O)[O-])cc2)CC1. The average Bonchev–Trinajstić information content (AvgIpc) is 3.28. The molecule has 0 radical (unpaired) electrons. The van der Waals surface area contributed by atoms with Gasteiger partial charge in [0.1, 0.15) is 0 Å². The highest BCUT2D eigenvalue weighted by Crippen LogP contribution is 2.23. The largest absolute Gasteiger partial charge is 0.337 e. The molecule has 2 aliphatic rings. The predicted octanol–water partition coefficient (Wildman–Crippen LogP) is 2.27. The number of hydrogen-bond acceptors (Lipinski definition) is 6. The molecule has 0 spiro atoms. The fourth-order valence-corrected chi connectivity index (χ4v) is 5.42. The summed E-state index contributed by atoms with van der Waals surface area (Å²) in [4.78, 5) is 37.9. The van der Waals surface area contributed by atoms with Gasteiger partial charge in [-0.1, -0.05) is 12.1 Å². The maximum absolute atomic E-state index is 12.8. The van der Waals surface area contributed by atoms with Gasteiger partial charge >= 0.3 is 0 Å². The Bertz CT molecular complexity index is 1220. The first-order valence-electron chi connectivity index (χ1n) is 10.9. The van der Waals surface area contributed by atoms with Crippen molar-refractivity contribution in [3.63, 3.8) is 0 Å². The van der Waals surface area contributed by atoms with Crippen molar-refractivity contribution in [2.24, 2.45) is 0 Å². The van der Waals surface area contributed by atoms with E-state index >= 15 is 0 Å². The van der Waals surface area contributed by atoms with Crippen LogP contribution in [0.25, 0.3) is 6.08 Å². The van der Waals surface area contributed by atoms with Gasteiger partial charge in [-0.15, -0.1) is 0 Å². The summed E-state index contributed by atoms with van der Waals surface area (Å²) in [6.45, 7) is 1.48. The van der Waals surface area contributed by atoms with Gasteiger partial charge in [0, 0.05) is 63.0 Å². The van der Waals surface area contributed by atoms with E-state index in [-0.39, 0.29) is 48.6 Å². The quantitative estimate of drug-likeness (QED) is 0.352. The third-order valence-corrected chi connectivity index (χ3v) is 7.85. The van der Waals surface area contributed by atoms with E-state index in [2.05, 4.69) is 0 Å². The van der Waals surface area contributed by atoms with Crippen molar-refractivity contribution in [1.29, 1.82) is 0 Å². The zero-order valence-electron chi connectivity index (χ0n) is 18.4. The van der Waals surface area contributed by atoms with Crippen LogP contribution in [0.3, 0.4) is 0 Å². The van der Waals surface area contributed by atoms with E-state index in [0.717, 1.165) is 36.3 Å². The second-order valence-corrected chi connectivity index (χ2v) is 9.99. The van der Waals surface area contributed by atoms with Gasteiger partial charge in [0.05, 0.1) is 9.82 Å². The van der Waals surface area contributed by atoms with Crippen molar-refractivity contribution in [2.45, 2.75) is 17.7 Å². The van der Waals surface area contributed by atoms with E-state index in [1.165, 1.54) is 22.5 Å². The lowest BCUT2D eigenvalue weighted by molar-refractivity contribution is -0.384. The topological polar surface area (TPSA) is 121 Å². The third-order valence-electron chi connectivity index (χ3n) is 5.93. The van der Waals surface area contributed by atoms with Gasteiger partial charge in [0.25, 0.3) is 5.69 Å². The molecule has 0 aromatic heterocycles. The zero-order valence-corrected chi connectivity index (χ0v) is 19.2. The Morgan fingerprint density at radius 1 is 0.941 bits per heavy atom. The molecule has 0 aliphatic carbocycles. The Balaban J connectivity index is 1.33. The van der Waals surface area contributed by atoms with Crippen LogP contribution in [0.2, 0.25) is 0 Å². The van der Waals surface area contributed by atoms with Gasteiger partial charge in [0.15, 0.2) is 0 Å². The van der Waals surface area contributed by atoms with E-state index in [0.29, 0.717) is 6.42 Å². The van der Waals surface area contributed by atoms with Crippen LogP contribution in [-0.2, 0) is 19.6 Å². The van der Waals surface area contributed by atoms with Crippen molar-refractivity contribution in [2.75, 3.05) is 37.6 Å². The summed E-state index contributed by atoms with van der Waals surface area (Å²) < 4.78 is 26.9. The van der Waals surface area contributed by atoms with E-state index < -0.39 is 14.9 Å². The molecule has 2 heterocycles. The summed E-state index contributed by atoms with van der Waals surface area (Å²) in [5.74, 6) is -0.0978. The molecule has 34 heavy (non-hydrogen) atoms. The second kappa shape index (κ2) is 9.74. The van der Waals surface area contributed by atoms with Crippen LogP contribution in [0.4, 0.5) is 11.4 Å². The minimum absolute atomic E-state index is 0.0168. The van der Waals surface area contributed by atoms with Gasteiger partial charge in [-0.05, 0) is 42.3 Å². The first-order chi connectivity index (χ1) is 16.3. The molecule has 4 rings (SSSR count). The monoisotopic (exact) mass is 484 g/mol. The molecule has 0 bridgehead atoms. The van der Waals surface area contributed by atoms with Crippen LogP contribution < -0.4 is 4.90 Å². The molecule has 0 N–H and O–H groups in total. The molecule has 2 saturated heterocycles. The predicted molar refractivity (Wildman–Crippen MR) is 125 cm³/mol. The van der Waals surface area contributed by atoms with Crippen molar-refractivity contribution in [3.8, 4) is 0 Å². The van der Waals surface area contributed by atoms with Gasteiger partial charge < -0.3 is 9.80 Å². The number of nitro groups is 1. The van der Waals surface area contributed by atoms with Crippen LogP contribution in [0, 0.1) is 10.1 Å². The molecular weight excluding hydrogens is 460 g/mol. The Morgan fingerprint density at radius 3 is 2.15 bits per heavy atom. The van der Waals surface area contributed by atoms with Gasteiger partial charge in [-0.25, -0.2) is 8.42 Å². The third kappa shape index (κ3) is 5.00. The lowest BCUT2D eigenvalue weighted by Gasteiger charge is -2.33. The summed E-state index contributed by atoms with van der Waals surface area (Å²) in [7, 11) is -3.80. The highest BCUT2D eigenvalue weighted by Gasteiger charge is 2.30. The maximum atomic E-state index is 12.8. The summed E-state index contributed by atoms with van der Waals surface area (Å²) >= 11 is 0. The number of amides is 2. The molecule has 2 aromatic rings. The standard InChI is InChI=1S/C23H24N4O6S/c28-22(12-5-18-3-6-19(7-4-18)26-13-1-2-23(26)29)24-14-16-25(17-15-24)34(32,33)21-10-8-20(9-11-21)27(30)31/h3-12H,1-2,13-17H2/b12-5+. The smallest absolute Gasteiger partial charge is 0.269 e. The average molecular weight is 485 g/mol. The number of nitro benzene ring substituents is 1. The zero-order chi connectivity index (χ0) is 24.3. The molecule has 2 aromatic carbocycles. The number of rotatable bonds is 6. The number of benzene rings is 2. The maximum Gasteiger partial charge on any atom is 0.269 e. The molecule has 10 nitrogen and oxygen atoms in total. The molecule has 0 saturated carbocycles. The van der Waals surface area contributed by atoms with Crippen LogP contribution in [0.5, 0.6) is 0 Å². The number of piperazine rings is 1. The van der Waals surface area contributed by atoms with Crippen molar-refractivity contribution >= 4 is 39.3 Å². The molecule has 2 aliphatic heterocycles. The summed E-state index contributed by atoms with van der Waals surface area (Å²) in [6.07, 6.45) is 4.57. The molecule has 2 fully saturated rings. The van der Waals surface area contributed by atoms with Crippen molar-refractivity contribution in [3.05, 3.63) is 70.3 Å². The number of nitrogens with zero attached hydrogens (tertiary/aromatic N) is 4. The number of carbonyl (C=O) groups is 2. The van der Waals surface area contributed by atoms with Crippen LogP contribution >= 0.6 is 0 Å². The Hall–Kier alpha value is -3.57. The molecule has 0 unspecified atom stereocenters. The van der Waals surface area contributed by atoms with Gasteiger partial charge in [-0.2, -0.15) is 4.31 Å². The number of carbonyl (C=O) groups excluding carboxylic acids is 2. The first-order valence-corrected chi connectivity index (χ1v) is 12.3. The second-order valence-electron chi connectivity index (χ2n) is 8.05. The number of hydrogen-bond donors (Lipinski definition) is 0. The minimum Gasteiger partial charge on any atom is -0.337 e. The number of non-ortho nitro benzene ring substituents is 1. The van der Waals surface area contributed by atoms with Crippen LogP contribution in [0.15, 0.2) is 59.5 Å². The van der Waals surface area contributed by atoms with Gasteiger partial charge in [-0.3, -0.25) is 19.7 Å². The minimum atomic E-state index is -3.80. The summed E-state index contributed by atoms with van der Waals surface area (Å²) in [5.41, 5.74) is 1.49. The van der Waals surface area contributed by atoms with Crippen molar-refractivity contribution in [1.82, 2.24) is 9.21 Å². The molecule has 178 valence electrons.